The third kappa shape index (κ3) is 6.70. The van der Waals surface area contributed by atoms with Gasteiger partial charge in [-0.3, -0.25) is 0 Å². The molecule has 3 aromatic heterocycles. The standard InChI is InChI=1S/C66H62BN3OS/c1-63(2,3)39-24-29-43(30-25-39)68(44-31-26-40(27-32-44)64(4,5)6)45-37-54-58-55(38-45)70-59-49(61-60(70)48-19-13-15-22-56(48)71-61)34-42(66(10,11)12)35-51(59)67(58)50-33-28-41(65(7,8)9)36-53(50)69(54)52-21-17-20-47-46-18-14-16-23-57(46)72-62(47)52/h13-38H,1-12H3. The van der Waals surface area contributed by atoms with E-state index in [9.17, 15) is 0 Å². The van der Waals surface area contributed by atoms with Crippen molar-refractivity contribution in [3.63, 3.8) is 0 Å². The summed E-state index contributed by atoms with van der Waals surface area (Å²) in [5.41, 5.74) is 21.3. The molecule has 4 nitrogen and oxygen atoms in total. The van der Waals surface area contributed by atoms with E-state index in [2.05, 4.69) is 255 Å². The number of nitrogens with zero attached hydrogens (tertiary/aromatic N) is 3. The molecule has 0 unspecified atom stereocenters. The predicted octanol–water partition coefficient (Wildman–Crippen LogP) is 17.2. The average molecular weight is 956 g/mol. The summed E-state index contributed by atoms with van der Waals surface area (Å²) in [4.78, 5) is 5.14. The summed E-state index contributed by atoms with van der Waals surface area (Å²) >= 11 is 1.90. The molecule has 356 valence electrons. The normalized spacial score (nSPS) is 13.8. The average Bonchev–Trinajstić information content (AvgIpc) is 4.02. The smallest absolute Gasteiger partial charge is 0.252 e. The topological polar surface area (TPSA) is 24.6 Å². The Morgan fingerprint density at radius 2 is 1.01 bits per heavy atom. The summed E-state index contributed by atoms with van der Waals surface area (Å²) in [5, 5.41) is 4.87. The van der Waals surface area contributed by atoms with Gasteiger partial charge < -0.3 is 18.8 Å². The minimum Gasteiger partial charge on any atom is -0.454 e. The molecule has 11 aromatic rings. The fourth-order valence-electron chi connectivity index (χ4n) is 11.8. The summed E-state index contributed by atoms with van der Waals surface area (Å²) in [7, 11) is 0. The third-order valence-corrected chi connectivity index (χ3v) is 17.0. The van der Waals surface area contributed by atoms with Crippen LogP contribution in [0.1, 0.15) is 105 Å². The molecule has 0 atom stereocenters. The van der Waals surface area contributed by atoms with Crippen LogP contribution in [0.25, 0.3) is 58.8 Å². The van der Waals surface area contributed by atoms with Crippen molar-refractivity contribution in [3.05, 3.63) is 180 Å². The number of hydrogen-bond acceptors (Lipinski definition) is 4. The van der Waals surface area contributed by atoms with Crippen LogP contribution in [0.4, 0.5) is 34.1 Å². The summed E-state index contributed by atoms with van der Waals surface area (Å²) in [6.07, 6.45) is 0. The monoisotopic (exact) mass is 955 g/mol. The van der Waals surface area contributed by atoms with E-state index in [1.807, 2.05) is 11.3 Å². The van der Waals surface area contributed by atoms with Crippen molar-refractivity contribution in [2.24, 2.45) is 0 Å². The summed E-state index contributed by atoms with van der Waals surface area (Å²) in [6, 6.07) is 60.4. The highest BCUT2D eigenvalue weighted by Crippen LogP contribution is 2.51. The van der Waals surface area contributed by atoms with Crippen molar-refractivity contribution >= 4 is 122 Å². The second-order valence-electron chi connectivity index (χ2n) is 24.7. The maximum atomic E-state index is 7.07. The van der Waals surface area contributed by atoms with Crippen molar-refractivity contribution in [2.45, 2.75) is 105 Å². The van der Waals surface area contributed by atoms with Crippen LogP contribution in [0, 0.1) is 0 Å². The van der Waals surface area contributed by atoms with E-state index in [0.29, 0.717) is 0 Å². The van der Waals surface area contributed by atoms with Gasteiger partial charge in [0, 0.05) is 54.7 Å². The fraction of sp³-hybridized carbons (Fsp3) is 0.242. The Morgan fingerprint density at radius 1 is 0.431 bits per heavy atom. The zero-order valence-corrected chi connectivity index (χ0v) is 44.6. The van der Waals surface area contributed by atoms with Crippen LogP contribution in [0.3, 0.4) is 0 Å². The van der Waals surface area contributed by atoms with E-state index < -0.39 is 0 Å². The number of para-hydroxylation sites is 1. The van der Waals surface area contributed by atoms with E-state index in [0.717, 1.165) is 39.1 Å². The summed E-state index contributed by atoms with van der Waals surface area (Å²) in [5.74, 6) is 0. The van der Waals surface area contributed by atoms with Crippen molar-refractivity contribution in [1.29, 1.82) is 0 Å². The first-order valence-electron chi connectivity index (χ1n) is 25.8. The molecule has 13 rings (SSSR count). The lowest BCUT2D eigenvalue weighted by molar-refractivity contribution is 0.590. The molecule has 8 aromatic carbocycles. The highest BCUT2D eigenvalue weighted by Gasteiger charge is 2.45. The number of fused-ring (bicyclic) bond motifs is 12. The molecule has 0 spiro atoms. The SMILES string of the molecule is CC(C)(C)c1ccc(N(c2ccc(C(C)(C)C)cc2)c2cc3c4c(c2)-n2c5c(cc(C(C)(C)C)cc5c5oc6ccccc6c52)B4c2ccc(C(C)(C)C)cc2N3c2cccc3c2sc2ccccc23)cc1. The van der Waals surface area contributed by atoms with E-state index in [-0.39, 0.29) is 28.4 Å². The van der Waals surface area contributed by atoms with Gasteiger partial charge in [0.05, 0.1) is 21.6 Å². The Hall–Kier alpha value is -7.02. The Balaban J connectivity index is 1.21. The summed E-state index contributed by atoms with van der Waals surface area (Å²) < 4.78 is 12.2. The maximum Gasteiger partial charge on any atom is 0.252 e. The Labute approximate surface area is 428 Å². The van der Waals surface area contributed by atoms with Gasteiger partial charge in [-0.15, -0.1) is 11.3 Å². The molecular formula is C66H62BN3OS. The quantitative estimate of drug-likeness (QED) is 0.164. The van der Waals surface area contributed by atoms with Crippen molar-refractivity contribution < 1.29 is 4.42 Å². The van der Waals surface area contributed by atoms with E-state index in [1.165, 1.54) is 92.5 Å². The third-order valence-electron chi connectivity index (χ3n) is 15.8. The van der Waals surface area contributed by atoms with Crippen molar-refractivity contribution in [2.75, 3.05) is 9.80 Å². The van der Waals surface area contributed by atoms with Crippen LogP contribution in [0.15, 0.2) is 162 Å². The zero-order chi connectivity index (χ0) is 50.0. The molecule has 5 heterocycles. The molecule has 0 saturated carbocycles. The van der Waals surface area contributed by atoms with Crippen LogP contribution in [-0.2, 0) is 21.7 Å². The highest BCUT2D eigenvalue weighted by atomic mass is 32.1. The van der Waals surface area contributed by atoms with Gasteiger partial charge in [-0.05, 0) is 133 Å². The molecule has 2 aliphatic heterocycles. The van der Waals surface area contributed by atoms with Crippen LogP contribution in [-0.4, -0.2) is 11.3 Å². The lowest BCUT2D eigenvalue weighted by atomic mass is 9.33. The first kappa shape index (κ1) is 44.9. The minimum absolute atomic E-state index is 0.00885. The van der Waals surface area contributed by atoms with E-state index >= 15 is 0 Å². The van der Waals surface area contributed by atoms with Gasteiger partial charge >= 0.3 is 0 Å². The highest BCUT2D eigenvalue weighted by molar-refractivity contribution is 7.26. The number of thiophene rings is 1. The molecule has 0 fully saturated rings. The lowest BCUT2D eigenvalue weighted by Gasteiger charge is -2.42. The van der Waals surface area contributed by atoms with Gasteiger partial charge in [0.2, 0.25) is 0 Å². The molecule has 0 aliphatic carbocycles. The van der Waals surface area contributed by atoms with Crippen LogP contribution < -0.4 is 26.2 Å². The molecular weight excluding hydrogens is 894 g/mol. The largest absolute Gasteiger partial charge is 0.454 e. The molecule has 0 amide bonds. The van der Waals surface area contributed by atoms with Gasteiger partial charge in [0.15, 0.2) is 5.58 Å². The van der Waals surface area contributed by atoms with Crippen LogP contribution in [0.5, 0.6) is 0 Å². The minimum atomic E-state index is -0.111. The van der Waals surface area contributed by atoms with Gasteiger partial charge in [0.1, 0.15) is 11.1 Å². The van der Waals surface area contributed by atoms with Gasteiger partial charge in [-0.25, -0.2) is 0 Å². The van der Waals surface area contributed by atoms with Crippen molar-refractivity contribution in [3.8, 4) is 5.69 Å². The maximum absolute atomic E-state index is 7.07. The van der Waals surface area contributed by atoms with E-state index in [4.69, 9.17) is 4.42 Å². The predicted molar refractivity (Wildman–Crippen MR) is 312 cm³/mol. The van der Waals surface area contributed by atoms with Crippen molar-refractivity contribution in [1.82, 2.24) is 4.57 Å². The molecule has 2 aliphatic rings. The molecule has 0 bridgehead atoms. The Kier molecular flexibility index (Phi) is 9.51. The molecule has 6 heteroatoms. The fourth-order valence-corrected chi connectivity index (χ4v) is 13.0. The molecule has 0 radical (unpaired) electrons. The first-order valence-corrected chi connectivity index (χ1v) is 26.6. The number of aromatic nitrogens is 1. The molecule has 72 heavy (non-hydrogen) atoms. The van der Waals surface area contributed by atoms with Crippen LogP contribution >= 0.6 is 11.3 Å². The van der Waals surface area contributed by atoms with Gasteiger partial charge in [0.25, 0.3) is 6.71 Å². The number of rotatable bonds is 4. The van der Waals surface area contributed by atoms with Gasteiger partial charge in [-0.2, -0.15) is 0 Å². The number of furan rings is 1. The Morgan fingerprint density at radius 3 is 1.67 bits per heavy atom. The number of benzene rings is 8. The number of anilines is 6. The molecule has 0 N–H and O–H groups in total. The lowest BCUT2D eigenvalue weighted by Crippen LogP contribution is -2.60. The first-order chi connectivity index (χ1) is 34.2. The second-order valence-corrected chi connectivity index (χ2v) is 25.7. The summed E-state index contributed by atoms with van der Waals surface area (Å²) in [6.45, 7) is 27.8. The molecule has 0 saturated heterocycles. The van der Waals surface area contributed by atoms with E-state index in [1.54, 1.807) is 0 Å². The Bertz CT molecular complexity index is 3970. The zero-order valence-electron chi connectivity index (χ0n) is 43.7. The number of hydrogen-bond donors (Lipinski definition) is 0. The van der Waals surface area contributed by atoms with Crippen LogP contribution in [0.2, 0.25) is 0 Å². The second kappa shape index (κ2) is 15.3. The van der Waals surface area contributed by atoms with Gasteiger partial charge in [-0.1, -0.05) is 168 Å².